The average molecular weight is 373 g/mol. The number of aliphatic hydroxyl groups is 1. The molecule has 1 N–H and O–H groups in total. The second kappa shape index (κ2) is 6.08. The molecule has 1 heterocycles. The van der Waals surface area contributed by atoms with Crippen molar-refractivity contribution >= 4 is 5.97 Å². The van der Waals surface area contributed by atoms with Crippen molar-refractivity contribution in [1.82, 2.24) is 0 Å². The van der Waals surface area contributed by atoms with Crippen LogP contribution in [-0.4, -0.2) is 23.3 Å². The summed E-state index contributed by atoms with van der Waals surface area (Å²) in [6.45, 7) is 7.41. The van der Waals surface area contributed by atoms with Crippen LogP contribution >= 0.6 is 0 Å². The molecule has 3 nitrogen and oxygen atoms in total. The molecule has 27 heavy (non-hydrogen) atoms. The monoisotopic (exact) mass is 372 g/mol. The van der Waals surface area contributed by atoms with E-state index in [1.54, 1.807) is 5.57 Å². The Kier molecular flexibility index (Phi) is 4.10. The van der Waals surface area contributed by atoms with E-state index in [1.165, 1.54) is 38.5 Å². The Morgan fingerprint density at radius 1 is 1.11 bits per heavy atom. The number of hydrogen-bond acceptors (Lipinski definition) is 3. The third-order valence-electron chi connectivity index (χ3n) is 10.0. The summed E-state index contributed by atoms with van der Waals surface area (Å²) in [7, 11) is 0. The Labute approximate surface area is 163 Å². The third-order valence-corrected chi connectivity index (χ3v) is 10.0. The Morgan fingerprint density at radius 3 is 2.63 bits per heavy atom. The first-order valence-corrected chi connectivity index (χ1v) is 11.4. The Bertz CT molecular complexity index is 661. The molecule has 0 aromatic carbocycles. The number of carbonyl (C=O) groups is 1. The number of rotatable bonds is 2. The van der Waals surface area contributed by atoms with Crippen molar-refractivity contribution < 1.29 is 14.6 Å². The molecule has 5 rings (SSSR count). The van der Waals surface area contributed by atoms with Gasteiger partial charge in [0, 0.05) is 0 Å². The summed E-state index contributed by atoms with van der Waals surface area (Å²) < 4.78 is 5.47. The lowest BCUT2D eigenvalue weighted by Gasteiger charge is -2.58. The van der Waals surface area contributed by atoms with Crippen molar-refractivity contribution in [2.75, 3.05) is 0 Å². The lowest BCUT2D eigenvalue weighted by Crippen LogP contribution is -2.52. The van der Waals surface area contributed by atoms with Gasteiger partial charge < -0.3 is 9.84 Å². The Morgan fingerprint density at radius 2 is 1.89 bits per heavy atom. The van der Waals surface area contributed by atoms with Gasteiger partial charge in [0.2, 0.25) is 0 Å². The molecule has 0 aromatic rings. The van der Waals surface area contributed by atoms with E-state index in [2.05, 4.69) is 26.8 Å². The Hall–Kier alpha value is -0.830. The summed E-state index contributed by atoms with van der Waals surface area (Å²) in [5.74, 6) is 3.64. The zero-order chi connectivity index (χ0) is 19.0. The number of esters is 1. The predicted octanol–water partition coefficient (Wildman–Crippen LogP) is 4.88. The standard InChI is InChI=1S/C24H36O3/c1-14(21-13-22(26)27-21)18-6-7-19-17-5-4-15-12-16(25)8-10-23(15,2)20(17)9-11-24(18,19)3/h4,14,16-21,25H,5-13H2,1-3H3/t14-,16-,17-,18+,19-,20-,21+,23-,24+/m0/s1. The summed E-state index contributed by atoms with van der Waals surface area (Å²) in [4.78, 5) is 11.3. The molecule has 4 fully saturated rings. The van der Waals surface area contributed by atoms with E-state index < -0.39 is 0 Å². The minimum Gasteiger partial charge on any atom is -0.461 e. The second-order valence-corrected chi connectivity index (χ2v) is 11.0. The lowest BCUT2D eigenvalue weighted by molar-refractivity contribution is -0.179. The number of aliphatic hydroxyl groups excluding tert-OH is 1. The molecule has 150 valence electrons. The molecule has 0 amide bonds. The molecular weight excluding hydrogens is 336 g/mol. The average Bonchev–Trinajstić information content (AvgIpc) is 2.96. The molecule has 4 aliphatic carbocycles. The molecule has 0 unspecified atom stereocenters. The zero-order valence-electron chi connectivity index (χ0n) is 17.2. The highest BCUT2D eigenvalue weighted by atomic mass is 16.6. The van der Waals surface area contributed by atoms with Crippen molar-refractivity contribution in [3.63, 3.8) is 0 Å². The van der Waals surface area contributed by atoms with Crippen LogP contribution in [0.25, 0.3) is 0 Å². The number of allylic oxidation sites excluding steroid dienone is 1. The fourth-order valence-corrected chi connectivity index (χ4v) is 8.42. The smallest absolute Gasteiger partial charge is 0.309 e. The molecule has 9 atom stereocenters. The third kappa shape index (κ3) is 2.52. The number of carbonyl (C=O) groups excluding carboxylic acids is 1. The van der Waals surface area contributed by atoms with E-state index in [9.17, 15) is 9.90 Å². The summed E-state index contributed by atoms with van der Waals surface area (Å²) in [6.07, 6.45) is 12.8. The van der Waals surface area contributed by atoms with Gasteiger partial charge in [0.15, 0.2) is 0 Å². The molecule has 0 spiro atoms. The van der Waals surface area contributed by atoms with Gasteiger partial charge in [0.25, 0.3) is 0 Å². The molecule has 3 saturated carbocycles. The summed E-state index contributed by atoms with van der Waals surface area (Å²) in [5, 5.41) is 10.2. The molecule has 0 bridgehead atoms. The van der Waals surface area contributed by atoms with E-state index in [0.717, 1.165) is 30.6 Å². The van der Waals surface area contributed by atoms with Gasteiger partial charge >= 0.3 is 5.97 Å². The van der Waals surface area contributed by atoms with Crippen molar-refractivity contribution in [2.24, 2.45) is 40.4 Å². The van der Waals surface area contributed by atoms with Crippen molar-refractivity contribution in [2.45, 2.75) is 90.8 Å². The van der Waals surface area contributed by atoms with Gasteiger partial charge in [-0.05, 0) is 91.8 Å². The van der Waals surface area contributed by atoms with Gasteiger partial charge in [-0.15, -0.1) is 0 Å². The minimum absolute atomic E-state index is 0.00684. The molecular formula is C24H36O3. The topological polar surface area (TPSA) is 46.5 Å². The highest BCUT2D eigenvalue weighted by Crippen LogP contribution is 2.67. The Balaban J connectivity index is 1.39. The van der Waals surface area contributed by atoms with Gasteiger partial charge in [-0.2, -0.15) is 0 Å². The molecule has 0 radical (unpaired) electrons. The van der Waals surface area contributed by atoms with Crippen molar-refractivity contribution in [3.8, 4) is 0 Å². The molecule has 3 heteroatoms. The van der Waals surface area contributed by atoms with E-state index in [1.807, 2.05) is 0 Å². The number of ether oxygens (including phenoxy) is 1. The van der Waals surface area contributed by atoms with Gasteiger partial charge in [0.1, 0.15) is 6.10 Å². The molecule has 0 aromatic heterocycles. The molecule has 1 aliphatic heterocycles. The number of cyclic esters (lactones) is 1. The van der Waals surface area contributed by atoms with E-state index >= 15 is 0 Å². The van der Waals surface area contributed by atoms with Crippen LogP contribution in [-0.2, 0) is 9.53 Å². The first-order valence-electron chi connectivity index (χ1n) is 11.4. The normalized spacial score (nSPS) is 52.6. The predicted molar refractivity (Wildman–Crippen MR) is 105 cm³/mol. The molecule has 1 saturated heterocycles. The largest absolute Gasteiger partial charge is 0.461 e. The lowest BCUT2D eigenvalue weighted by atomic mass is 9.47. The van der Waals surface area contributed by atoms with Crippen LogP contribution in [0.5, 0.6) is 0 Å². The SMILES string of the molecule is C[C@@H]([C@H]1CC[C@H]2[C@@H]3CC=C4C[C@@H](O)CC[C@]4(C)[C@H]3CC[C@]12C)[C@H]1CC(=O)O1. The summed E-state index contributed by atoms with van der Waals surface area (Å²) in [6, 6.07) is 0. The summed E-state index contributed by atoms with van der Waals surface area (Å²) in [5.41, 5.74) is 2.31. The van der Waals surface area contributed by atoms with Gasteiger partial charge in [0.05, 0.1) is 12.5 Å². The van der Waals surface area contributed by atoms with Gasteiger partial charge in [-0.1, -0.05) is 32.4 Å². The van der Waals surface area contributed by atoms with E-state index in [-0.39, 0.29) is 18.2 Å². The first kappa shape index (κ1) is 18.2. The van der Waals surface area contributed by atoms with Crippen LogP contribution in [0.15, 0.2) is 11.6 Å². The van der Waals surface area contributed by atoms with Crippen LogP contribution in [0.2, 0.25) is 0 Å². The van der Waals surface area contributed by atoms with Crippen molar-refractivity contribution in [3.05, 3.63) is 11.6 Å². The van der Waals surface area contributed by atoms with Crippen LogP contribution < -0.4 is 0 Å². The summed E-state index contributed by atoms with van der Waals surface area (Å²) >= 11 is 0. The fourth-order valence-electron chi connectivity index (χ4n) is 8.42. The number of hydrogen-bond donors (Lipinski definition) is 1. The van der Waals surface area contributed by atoms with Crippen LogP contribution in [0, 0.1) is 40.4 Å². The highest BCUT2D eigenvalue weighted by molar-refractivity contribution is 5.75. The maximum absolute atomic E-state index is 11.3. The second-order valence-electron chi connectivity index (χ2n) is 11.0. The first-order chi connectivity index (χ1) is 12.8. The molecule has 5 aliphatic rings. The minimum atomic E-state index is -0.114. The van der Waals surface area contributed by atoms with Crippen molar-refractivity contribution in [1.29, 1.82) is 0 Å². The van der Waals surface area contributed by atoms with Crippen LogP contribution in [0.4, 0.5) is 0 Å². The fraction of sp³-hybridized carbons (Fsp3) is 0.875. The number of fused-ring (bicyclic) bond motifs is 5. The van der Waals surface area contributed by atoms with Crippen LogP contribution in [0.3, 0.4) is 0 Å². The van der Waals surface area contributed by atoms with E-state index in [4.69, 9.17) is 4.74 Å². The van der Waals surface area contributed by atoms with Crippen LogP contribution in [0.1, 0.15) is 78.6 Å². The maximum atomic E-state index is 11.3. The zero-order valence-corrected chi connectivity index (χ0v) is 17.2. The quantitative estimate of drug-likeness (QED) is 0.555. The van der Waals surface area contributed by atoms with E-state index in [0.29, 0.717) is 29.1 Å². The van der Waals surface area contributed by atoms with Gasteiger partial charge in [-0.3, -0.25) is 4.79 Å². The highest BCUT2D eigenvalue weighted by Gasteiger charge is 2.60. The maximum Gasteiger partial charge on any atom is 0.309 e. The van der Waals surface area contributed by atoms with Gasteiger partial charge in [-0.25, -0.2) is 0 Å².